The second-order valence-corrected chi connectivity index (χ2v) is 9.56. The van der Waals surface area contributed by atoms with Crippen LogP contribution in [0.25, 0.3) is 33.3 Å². The van der Waals surface area contributed by atoms with Crippen LogP contribution in [-0.2, 0) is 4.79 Å². The van der Waals surface area contributed by atoms with Gasteiger partial charge in [0, 0.05) is 30.0 Å². The number of aromatic nitrogens is 1. The molecule has 0 radical (unpaired) electrons. The number of fused-ring (bicyclic) bond motifs is 1. The minimum Gasteiger partial charge on any atom is -0.493 e. The van der Waals surface area contributed by atoms with Gasteiger partial charge in [-0.15, -0.1) is 0 Å². The fourth-order valence-electron chi connectivity index (χ4n) is 4.93. The van der Waals surface area contributed by atoms with Gasteiger partial charge in [0.1, 0.15) is 29.2 Å². The predicted octanol–water partition coefficient (Wildman–Crippen LogP) is 5.58. The van der Waals surface area contributed by atoms with Crippen molar-refractivity contribution in [3.63, 3.8) is 0 Å². The number of anilines is 1. The van der Waals surface area contributed by atoms with Crippen LogP contribution >= 0.6 is 0 Å². The molecule has 3 aromatic carbocycles. The predicted molar refractivity (Wildman–Crippen MR) is 153 cm³/mol. The van der Waals surface area contributed by atoms with Gasteiger partial charge < -0.3 is 20.1 Å². The lowest BCUT2D eigenvalue weighted by molar-refractivity contribution is -0.138. The van der Waals surface area contributed by atoms with Crippen LogP contribution < -0.4 is 10.1 Å². The molecule has 1 aliphatic rings. The van der Waals surface area contributed by atoms with Gasteiger partial charge in [0.05, 0.1) is 42.4 Å². The summed E-state index contributed by atoms with van der Waals surface area (Å²) in [7, 11) is 1.84. The van der Waals surface area contributed by atoms with Crippen LogP contribution in [0.5, 0.6) is 5.75 Å². The number of aliphatic imine (C=N–C) groups is 1. The second kappa shape index (κ2) is 11.4. The smallest absolute Gasteiger partial charge is 0.326 e. The lowest BCUT2D eigenvalue weighted by Crippen LogP contribution is -2.39. The van der Waals surface area contributed by atoms with E-state index in [4.69, 9.17) is 9.72 Å². The summed E-state index contributed by atoms with van der Waals surface area (Å²) in [6, 6.07) is 20.5. The number of nitrogens with zero attached hydrogens (tertiary/aromatic N) is 4. The number of pyridine rings is 1. The number of nitrogens with one attached hydrogen (secondary N) is 1. The fourth-order valence-corrected chi connectivity index (χ4v) is 4.93. The third-order valence-corrected chi connectivity index (χ3v) is 7.00. The molecule has 0 aliphatic carbocycles. The van der Waals surface area contributed by atoms with Gasteiger partial charge in [-0.25, -0.2) is 14.2 Å². The van der Waals surface area contributed by atoms with E-state index in [1.807, 2.05) is 67.4 Å². The largest absolute Gasteiger partial charge is 0.493 e. The number of carbonyl (C=O) groups is 1. The highest BCUT2D eigenvalue weighted by molar-refractivity contribution is 5.99. The minimum atomic E-state index is -1.08. The van der Waals surface area contributed by atoms with E-state index in [2.05, 4.69) is 16.4 Å². The summed E-state index contributed by atoms with van der Waals surface area (Å²) < 4.78 is 20.1. The summed E-state index contributed by atoms with van der Waals surface area (Å²) in [5.41, 5.74) is 3.73. The van der Waals surface area contributed by atoms with Gasteiger partial charge in [0.15, 0.2) is 0 Å². The number of halogens is 1. The lowest BCUT2D eigenvalue weighted by atomic mass is 9.97. The molecule has 1 unspecified atom stereocenters. The molecule has 202 valence electrons. The molecule has 2 N–H and O–H groups in total. The van der Waals surface area contributed by atoms with Gasteiger partial charge in [-0.2, -0.15) is 5.26 Å². The topological polar surface area (TPSA) is 111 Å². The van der Waals surface area contributed by atoms with Gasteiger partial charge in [0.2, 0.25) is 0 Å². The molecular weight excluding hydrogens is 509 g/mol. The molecular formula is C31H28FN5O3. The maximum Gasteiger partial charge on any atom is 0.326 e. The average Bonchev–Trinajstić information content (AvgIpc) is 3.37. The Hall–Kier alpha value is -4.97. The molecule has 4 aromatic rings. The van der Waals surface area contributed by atoms with Crippen LogP contribution in [0, 0.1) is 17.1 Å². The van der Waals surface area contributed by atoms with E-state index in [0.717, 1.165) is 16.9 Å². The molecule has 2 atom stereocenters. The average molecular weight is 538 g/mol. The highest BCUT2D eigenvalue weighted by Crippen LogP contribution is 2.37. The van der Waals surface area contributed by atoms with E-state index in [1.165, 1.54) is 18.2 Å². The van der Waals surface area contributed by atoms with Crippen LogP contribution in [-0.4, -0.2) is 59.6 Å². The van der Waals surface area contributed by atoms with Gasteiger partial charge in [-0.1, -0.05) is 42.5 Å². The standard InChI is InChI=1S/C31H28FN5O3/c1-3-40-28-7-5-4-6-23(28)19-8-10-20(11-9-19)29-25(16-33)30(24-14-21(32)12-13-26(24)35-29)36-27(31(38)39)15-22-17-34-18-37(22)2/h4-14,18,22,27H,3,15,17H2,1-2H3,(H,35,36)(H,38,39)/t22?,27-/m0/s1. The van der Waals surface area contributed by atoms with Crippen LogP contribution in [0.1, 0.15) is 18.9 Å². The molecule has 1 aliphatic heterocycles. The molecule has 40 heavy (non-hydrogen) atoms. The Bertz CT molecular complexity index is 1630. The van der Waals surface area contributed by atoms with E-state index in [9.17, 15) is 19.6 Å². The summed E-state index contributed by atoms with van der Waals surface area (Å²) in [4.78, 5) is 23.1. The van der Waals surface area contributed by atoms with Crippen molar-refractivity contribution < 1.29 is 19.0 Å². The lowest BCUT2D eigenvalue weighted by Gasteiger charge is -2.25. The first-order chi connectivity index (χ1) is 19.4. The number of benzene rings is 3. The molecule has 0 bridgehead atoms. The molecule has 0 spiro atoms. The number of likely N-dealkylation sites (N-methyl/N-ethyl adjacent to an activating group) is 1. The van der Waals surface area contributed by atoms with E-state index < -0.39 is 17.8 Å². The Kier molecular flexibility index (Phi) is 7.60. The van der Waals surface area contributed by atoms with E-state index in [1.54, 1.807) is 6.34 Å². The molecule has 9 heteroatoms. The Morgan fingerprint density at radius 3 is 2.62 bits per heavy atom. The number of carboxylic acid groups (broad SMARTS) is 1. The zero-order valence-corrected chi connectivity index (χ0v) is 22.1. The third kappa shape index (κ3) is 5.29. The second-order valence-electron chi connectivity index (χ2n) is 9.56. The molecule has 1 aromatic heterocycles. The van der Waals surface area contributed by atoms with Crippen molar-refractivity contribution in [1.29, 1.82) is 5.26 Å². The summed E-state index contributed by atoms with van der Waals surface area (Å²) in [5, 5.41) is 23.7. The maximum absolute atomic E-state index is 14.4. The van der Waals surface area contributed by atoms with Crippen molar-refractivity contribution >= 4 is 28.9 Å². The Balaban J connectivity index is 1.59. The van der Waals surface area contributed by atoms with Crippen LogP contribution in [0.15, 0.2) is 71.7 Å². The van der Waals surface area contributed by atoms with Gasteiger partial charge in [-0.3, -0.25) is 4.99 Å². The number of hydrogen-bond acceptors (Lipinski definition) is 7. The molecule has 8 nitrogen and oxygen atoms in total. The number of nitriles is 1. The van der Waals surface area contributed by atoms with Crippen LogP contribution in [0.2, 0.25) is 0 Å². The SMILES string of the molecule is CCOc1ccccc1-c1ccc(-c2nc3ccc(F)cc3c(N[C@@H](CC3CN=CN3C)C(=O)O)c2C#N)cc1. The first-order valence-electron chi connectivity index (χ1n) is 13.0. The zero-order valence-electron chi connectivity index (χ0n) is 22.1. The highest BCUT2D eigenvalue weighted by atomic mass is 19.1. The summed E-state index contributed by atoms with van der Waals surface area (Å²) in [6.07, 6.45) is 1.91. The molecule has 0 fully saturated rings. The van der Waals surface area contributed by atoms with Gasteiger partial charge >= 0.3 is 5.97 Å². The monoisotopic (exact) mass is 537 g/mol. The summed E-state index contributed by atoms with van der Waals surface area (Å²) >= 11 is 0. The number of para-hydroxylation sites is 1. The summed E-state index contributed by atoms with van der Waals surface area (Å²) in [5.74, 6) is -0.822. The van der Waals surface area contributed by atoms with Crippen molar-refractivity contribution in [3.05, 3.63) is 78.1 Å². The van der Waals surface area contributed by atoms with Gasteiger partial charge in [0.25, 0.3) is 0 Å². The Labute approximate surface area is 231 Å². The van der Waals surface area contributed by atoms with E-state index in [0.29, 0.717) is 35.3 Å². The number of aliphatic carboxylic acids is 1. The summed E-state index contributed by atoms with van der Waals surface area (Å²) in [6.45, 7) is 2.95. The number of hydrogen-bond donors (Lipinski definition) is 2. The van der Waals surface area contributed by atoms with Crippen LogP contribution in [0.4, 0.5) is 10.1 Å². The third-order valence-electron chi connectivity index (χ3n) is 7.00. The van der Waals surface area contributed by atoms with Gasteiger partial charge in [-0.05, 0) is 36.8 Å². The zero-order chi connectivity index (χ0) is 28.2. The van der Waals surface area contributed by atoms with E-state index >= 15 is 0 Å². The van der Waals surface area contributed by atoms with Crippen molar-refractivity contribution in [1.82, 2.24) is 9.88 Å². The highest BCUT2D eigenvalue weighted by Gasteiger charge is 2.28. The van der Waals surface area contributed by atoms with Crippen molar-refractivity contribution in [2.45, 2.75) is 25.4 Å². The molecule has 5 rings (SSSR count). The van der Waals surface area contributed by atoms with E-state index in [-0.39, 0.29) is 23.7 Å². The molecule has 0 amide bonds. The van der Waals surface area contributed by atoms with Crippen LogP contribution in [0.3, 0.4) is 0 Å². The van der Waals surface area contributed by atoms with Crippen molar-refractivity contribution in [2.24, 2.45) is 4.99 Å². The number of rotatable bonds is 9. The number of ether oxygens (including phenoxy) is 1. The van der Waals surface area contributed by atoms with Crippen molar-refractivity contribution in [3.8, 4) is 34.2 Å². The van der Waals surface area contributed by atoms with Crippen molar-refractivity contribution in [2.75, 3.05) is 25.5 Å². The number of carboxylic acids is 1. The molecule has 2 heterocycles. The normalized spacial score (nSPS) is 15.2. The molecule has 0 saturated heterocycles. The first-order valence-corrected chi connectivity index (χ1v) is 13.0. The Morgan fingerprint density at radius 1 is 1.20 bits per heavy atom. The maximum atomic E-state index is 14.4. The quantitative estimate of drug-likeness (QED) is 0.287. The fraction of sp³-hybridized carbons (Fsp3) is 0.226. The Morgan fingerprint density at radius 2 is 1.95 bits per heavy atom. The first kappa shape index (κ1) is 26.6. The molecule has 0 saturated carbocycles. The minimum absolute atomic E-state index is 0.115.